The molecule has 15 heavy (non-hydrogen) atoms. The van der Waals surface area contributed by atoms with Crippen molar-refractivity contribution in [3.05, 3.63) is 30.1 Å². The van der Waals surface area contributed by atoms with Gasteiger partial charge in [0.25, 0.3) is 0 Å². The van der Waals surface area contributed by atoms with Crippen LogP contribution in [0.2, 0.25) is 0 Å². The van der Waals surface area contributed by atoms with Gasteiger partial charge in [-0.1, -0.05) is 17.3 Å². The van der Waals surface area contributed by atoms with Gasteiger partial charge in [0.1, 0.15) is 10.7 Å². The molecule has 0 amide bonds. The van der Waals surface area contributed by atoms with E-state index in [1.54, 1.807) is 13.8 Å². The maximum atomic E-state index is 13.1. The van der Waals surface area contributed by atoms with Crippen molar-refractivity contribution in [2.75, 3.05) is 0 Å². The SMILES string of the molecule is CC(C)=NOS(=O)(=O)c1ccccc1F. The van der Waals surface area contributed by atoms with Gasteiger partial charge in [0.15, 0.2) is 0 Å². The van der Waals surface area contributed by atoms with E-state index in [1.807, 2.05) is 0 Å². The molecule has 1 aromatic carbocycles. The van der Waals surface area contributed by atoms with Gasteiger partial charge in [-0.2, -0.15) is 8.42 Å². The topological polar surface area (TPSA) is 55.7 Å². The van der Waals surface area contributed by atoms with Crippen LogP contribution in [0.25, 0.3) is 0 Å². The van der Waals surface area contributed by atoms with Gasteiger partial charge in [-0.25, -0.2) is 4.39 Å². The molecule has 0 saturated carbocycles. The third kappa shape index (κ3) is 3.02. The number of halogens is 1. The fourth-order valence-corrected chi connectivity index (χ4v) is 1.69. The Hall–Kier alpha value is -1.43. The van der Waals surface area contributed by atoms with E-state index in [9.17, 15) is 12.8 Å². The van der Waals surface area contributed by atoms with E-state index >= 15 is 0 Å². The summed E-state index contributed by atoms with van der Waals surface area (Å²) in [5.74, 6) is -0.860. The lowest BCUT2D eigenvalue weighted by Crippen LogP contribution is -2.05. The van der Waals surface area contributed by atoms with E-state index < -0.39 is 20.8 Å². The lowest BCUT2D eigenvalue weighted by Gasteiger charge is -2.02. The number of rotatable bonds is 3. The molecule has 0 N–H and O–H groups in total. The molecule has 0 aliphatic rings. The molecule has 0 unspecified atom stereocenters. The lowest BCUT2D eigenvalue weighted by atomic mass is 10.4. The quantitative estimate of drug-likeness (QED) is 0.590. The summed E-state index contributed by atoms with van der Waals surface area (Å²) in [4.78, 5) is -0.519. The predicted molar refractivity (Wildman–Crippen MR) is 53.5 cm³/mol. The molecule has 0 heterocycles. The molecule has 0 saturated heterocycles. The van der Waals surface area contributed by atoms with Gasteiger partial charge >= 0.3 is 10.1 Å². The molecular formula is C9H10FNO3S. The highest BCUT2D eigenvalue weighted by Gasteiger charge is 2.19. The number of hydrogen-bond acceptors (Lipinski definition) is 4. The van der Waals surface area contributed by atoms with E-state index in [0.717, 1.165) is 12.1 Å². The molecule has 0 spiro atoms. The zero-order chi connectivity index (χ0) is 11.5. The van der Waals surface area contributed by atoms with Crippen molar-refractivity contribution in [3.63, 3.8) is 0 Å². The molecule has 6 heteroatoms. The van der Waals surface area contributed by atoms with E-state index in [4.69, 9.17) is 0 Å². The van der Waals surface area contributed by atoms with Crippen LogP contribution in [0.1, 0.15) is 13.8 Å². The highest BCUT2D eigenvalue weighted by atomic mass is 32.2. The summed E-state index contributed by atoms with van der Waals surface area (Å²) in [6, 6.07) is 4.95. The van der Waals surface area contributed by atoms with Crippen LogP contribution in [0.15, 0.2) is 34.3 Å². The Balaban J connectivity index is 3.08. The summed E-state index contributed by atoms with van der Waals surface area (Å²) in [6.07, 6.45) is 0. The number of nitrogens with zero attached hydrogens (tertiary/aromatic N) is 1. The van der Waals surface area contributed by atoms with Crippen molar-refractivity contribution < 1.29 is 17.1 Å². The van der Waals surface area contributed by atoms with Gasteiger partial charge in [0, 0.05) is 0 Å². The first-order chi connectivity index (χ1) is 6.93. The Morgan fingerprint density at radius 1 is 1.33 bits per heavy atom. The Bertz CT molecular complexity index is 478. The molecule has 0 bridgehead atoms. The molecular weight excluding hydrogens is 221 g/mol. The normalized spacial score (nSPS) is 10.9. The minimum absolute atomic E-state index is 0.426. The summed E-state index contributed by atoms with van der Waals surface area (Å²) in [5.41, 5.74) is 0.426. The second kappa shape index (κ2) is 4.39. The highest BCUT2D eigenvalue weighted by Crippen LogP contribution is 2.16. The predicted octanol–water partition coefficient (Wildman–Crippen LogP) is 1.93. The van der Waals surface area contributed by atoms with Crippen LogP contribution >= 0.6 is 0 Å². The molecule has 0 fully saturated rings. The van der Waals surface area contributed by atoms with Crippen molar-refractivity contribution >= 4 is 15.8 Å². The Kier molecular flexibility index (Phi) is 3.41. The average Bonchev–Trinajstić information content (AvgIpc) is 2.15. The first-order valence-corrected chi connectivity index (χ1v) is 5.53. The van der Waals surface area contributed by atoms with Gasteiger partial charge in [-0.05, 0) is 26.0 Å². The summed E-state index contributed by atoms with van der Waals surface area (Å²) >= 11 is 0. The van der Waals surface area contributed by atoms with Crippen molar-refractivity contribution in [1.82, 2.24) is 0 Å². The average molecular weight is 231 g/mol. The summed E-state index contributed by atoms with van der Waals surface area (Å²) < 4.78 is 40.2. The van der Waals surface area contributed by atoms with Crippen molar-refractivity contribution in [1.29, 1.82) is 0 Å². The van der Waals surface area contributed by atoms with E-state index in [-0.39, 0.29) is 0 Å². The smallest absolute Gasteiger partial charge is 0.265 e. The zero-order valence-corrected chi connectivity index (χ0v) is 9.08. The molecule has 0 aliphatic heterocycles. The second-order valence-corrected chi connectivity index (χ2v) is 4.49. The van der Waals surface area contributed by atoms with Crippen LogP contribution in [0.5, 0.6) is 0 Å². The number of oxime groups is 1. The Labute approximate surface area is 87.5 Å². The number of hydrogen-bond donors (Lipinski definition) is 0. The molecule has 0 aliphatic carbocycles. The van der Waals surface area contributed by atoms with E-state index in [2.05, 4.69) is 9.44 Å². The first kappa shape index (κ1) is 11.6. The third-order valence-corrected chi connectivity index (χ3v) is 2.56. The summed E-state index contributed by atoms with van der Waals surface area (Å²) in [5, 5.41) is 3.28. The van der Waals surface area contributed by atoms with Gasteiger partial charge in [0.2, 0.25) is 0 Å². The van der Waals surface area contributed by atoms with Gasteiger partial charge in [0.05, 0.1) is 5.71 Å². The zero-order valence-electron chi connectivity index (χ0n) is 8.27. The fourth-order valence-electron chi connectivity index (χ4n) is 0.811. The van der Waals surface area contributed by atoms with Gasteiger partial charge in [-0.3, -0.25) is 4.28 Å². The highest BCUT2D eigenvalue weighted by molar-refractivity contribution is 7.86. The lowest BCUT2D eigenvalue weighted by molar-refractivity contribution is 0.335. The number of benzene rings is 1. The Morgan fingerprint density at radius 2 is 1.93 bits per heavy atom. The van der Waals surface area contributed by atoms with Crippen LogP contribution in [0.4, 0.5) is 4.39 Å². The maximum absolute atomic E-state index is 13.1. The van der Waals surface area contributed by atoms with Crippen LogP contribution in [0.3, 0.4) is 0 Å². The van der Waals surface area contributed by atoms with Crippen molar-refractivity contribution in [2.24, 2.45) is 5.16 Å². The van der Waals surface area contributed by atoms with Crippen LogP contribution in [-0.2, 0) is 14.4 Å². The minimum Gasteiger partial charge on any atom is -0.265 e. The molecule has 0 radical (unpaired) electrons. The van der Waals surface area contributed by atoms with Crippen LogP contribution in [0, 0.1) is 5.82 Å². The van der Waals surface area contributed by atoms with E-state index in [0.29, 0.717) is 5.71 Å². The van der Waals surface area contributed by atoms with E-state index in [1.165, 1.54) is 12.1 Å². The third-order valence-electron chi connectivity index (χ3n) is 1.42. The van der Waals surface area contributed by atoms with Crippen LogP contribution in [-0.4, -0.2) is 14.1 Å². The van der Waals surface area contributed by atoms with Gasteiger partial charge < -0.3 is 0 Å². The molecule has 1 aromatic rings. The minimum atomic E-state index is -4.15. The van der Waals surface area contributed by atoms with Gasteiger partial charge in [-0.15, -0.1) is 0 Å². The monoisotopic (exact) mass is 231 g/mol. The maximum Gasteiger partial charge on any atom is 0.361 e. The first-order valence-electron chi connectivity index (χ1n) is 4.13. The molecule has 4 nitrogen and oxygen atoms in total. The van der Waals surface area contributed by atoms with Crippen molar-refractivity contribution in [2.45, 2.75) is 18.7 Å². The van der Waals surface area contributed by atoms with Crippen LogP contribution < -0.4 is 0 Å². The largest absolute Gasteiger partial charge is 0.361 e. The second-order valence-electron chi connectivity index (χ2n) is 3.00. The molecule has 0 aromatic heterocycles. The summed E-state index contributed by atoms with van der Waals surface area (Å²) in [7, 11) is -4.15. The molecule has 1 rings (SSSR count). The van der Waals surface area contributed by atoms with Crippen molar-refractivity contribution in [3.8, 4) is 0 Å². The Morgan fingerprint density at radius 3 is 2.47 bits per heavy atom. The summed E-state index contributed by atoms with van der Waals surface area (Å²) in [6.45, 7) is 3.13. The fraction of sp³-hybridized carbons (Fsp3) is 0.222. The standard InChI is InChI=1S/C9H10FNO3S/c1-7(2)11-14-15(12,13)9-6-4-3-5-8(9)10/h3-6H,1-2H3. The molecule has 0 atom stereocenters. The molecule has 82 valence electrons.